The summed E-state index contributed by atoms with van der Waals surface area (Å²) in [5, 5.41) is 0. The summed E-state index contributed by atoms with van der Waals surface area (Å²) in [6.07, 6.45) is 7.73. The fourth-order valence-corrected chi connectivity index (χ4v) is 4.30. The largest absolute Gasteiger partial charge is 0.313 e. The molecule has 0 bridgehead atoms. The van der Waals surface area contributed by atoms with Crippen molar-refractivity contribution in [3.63, 3.8) is 0 Å². The van der Waals surface area contributed by atoms with Gasteiger partial charge >= 0.3 is 0 Å². The van der Waals surface area contributed by atoms with E-state index in [1.807, 2.05) is 0 Å². The molecule has 1 aliphatic carbocycles. The van der Waals surface area contributed by atoms with Crippen molar-refractivity contribution < 1.29 is 0 Å². The second-order valence-electron chi connectivity index (χ2n) is 7.91. The molecular formula is C19H29N3O. The molecule has 1 fully saturated rings. The van der Waals surface area contributed by atoms with Gasteiger partial charge in [0.2, 0.25) is 0 Å². The van der Waals surface area contributed by atoms with Crippen LogP contribution in [0.3, 0.4) is 0 Å². The minimum atomic E-state index is -0.0425. The van der Waals surface area contributed by atoms with E-state index in [0.29, 0.717) is 11.3 Å². The van der Waals surface area contributed by atoms with Crippen molar-refractivity contribution in [2.24, 2.45) is 5.41 Å². The van der Waals surface area contributed by atoms with Crippen LogP contribution in [0.25, 0.3) is 0 Å². The average Bonchev–Trinajstić information content (AvgIpc) is 2.51. The molecule has 2 aliphatic rings. The van der Waals surface area contributed by atoms with E-state index in [-0.39, 0.29) is 5.56 Å². The Morgan fingerprint density at radius 1 is 1.39 bits per heavy atom. The van der Waals surface area contributed by atoms with E-state index in [2.05, 4.69) is 35.6 Å². The number of aromatic amines is 1. The molecule has 0 aromatic carbocycles. The first kappa shape index (κ1) is 16.4. The minimum Gasteiger partial charge on any atom is -0.313 e. The van der Waals surface area contributed by atoms with Crippen molar-refractivity contribution in [3.05, 3.63) is 39.6 Å². The molecule has 1 aliphatic heterocycles. The highest BCUT2D eigenvalue weighted by Crippen LogP contribution is 2.41. The number of likely N-dealkylation sites (tertiary alicyclic amines) is 1. The van der Waals surface area contributed by atoms with Crippen molar-refractivity contribution in [1.82, 2.24) is 14.9 Å². The normalized spacial score (nSPS) is 25.6. The highest BCUT2D eigenvalue weighted by Gasteiger charge is 2.31. The molecule has 0 radical (unpaired) electrons. The second-order valence-corrected chi connectivity index (χ2v) is 7.91. The van der Waals surface area contributed by atoms with Crippen LogP contribution in [0.4, 0.5) is 0 Å². The van der Waals surface area contributed by atoms with Crippen LogP contribution in [0, 0.1) is 5.41 Å². The number of rotatable bonds is 3. The van der Waals surface area contributed by atoms with Crippen LogP contribution >= 0.6 is 0 Å². The number of piperidine rings is 1. The zero-order chi connectivity index (χ0) is 16.4. The van der Waals surface area contributed by atoms with E-state index in [9.17, 15) is 4.79 Å². The Labute approximate surface area is 139 Å². The Kier molecular flexibility index (Phi) is 4.72. The molecule has 4 nitrogen and oxygen atoms in total. The van der Waals surface area contributed by atoms with Gasteiger partial charge in [-0.2, -0.15) is 0 Å². The number of aromatic nitrogens is 2. The summed E-state index contributed by atoms with van der Waals surface area (Å²) < 4.78 is 0. The first-order chi connectivity index (χ1) is 11.0. The average molecular weight is 315 g/mol. The van der Waals surface area contributed by atoms with Gasteiger partial charge < -0.3 is 4.98 Å². The molecule has 1 N–H and O–H groups in total. The van der Waals surface area contributed by atoms with Gasteiger partial charge in [0.25, 0.3) is 5.56 Å². The maximum Gasteiger partial charge on any atom is 0.250 e. The van der Waals surface area contributed by atoms with Crippen molar-refractivity contribution >= 4 is 0 Å². The van der Waals surface area contributed by atoms with Gasteiger partial charge in [0.15, 0.2) is 0 Å². The second kappa shape index (κ2) is 6.60. The first-order valence-corrected chi connectivity index (χ1v) is 8.92. The molecule has 1 atom stereocenters. The molecule has 1 unspecified atom stereocenters. The summed E-state index contributed by atoms with van der Waals surface area (Å²) in [4.78, 5) is 21.1. The van der Waals surface area contributed by atoms with E-state index in [4.69, 9.17) is 0 Å². The van der Waals surface area contributed by atoms with Gasteiger partial charge in [0.05, 0.1) is 12.0 Å². The fourth-order valence-electron chi connectivity index (χ4n) is 4.30. The van der Waals surface area contributed by atoms with Gasteiger partial charge in [-0.1, -0.05) is 25.0 Å². The maximum absolute atomic E-state index is 11.5. The van der Waals surface area contributed by atoms with E-state index >= 15 is 0 Å². The van der Waals surface area contributed by atoms with Gasteiger partial charge in [-0.05, 0) is 51.0 Å². The van der Waals surface area contributed by atoms with Crippen molar-refractivity contribution in [3.8, 4) is 0 Å². The lowest BCUT2D eigenvalue weighted by Gasteiger charge is -2.40. The monoisotopic (exact) mass is 315 g/mol. The Morgan fingerprint density at radius 3 is 2.96 bits per heavy atom. The first-order valence-electron chi connectivity index (χ1n) is 8.92. The smallest absolute Gasteiger partial charge is 0.250 e. The number of hydrogen-bond donors (Lipinski definition) is 1. The molecule has 4 heteroatoms. The molecule has 1 aromatic rings. The van der Waals surface area contributed by atoms with Crippen LogP contribution in [0.2, 0.25) is 0 Å². The number of allylic oxidation sites excluding steroid dienone is 1. The molecule has 1 saturated heterocycles. The minimum absolute atomic E-state index is 0.0425. The molecule has 2 heterocycles. The Balaban J connectivity index is 1.73. The summed E-state index contributed by atoms with van der Waals surface area (Å²) in [6, 6.07) is 1.67. The highest BCUT2D eigenvalue weighted by atomic mass is 16.1. The maximum atomic E-state index is 11.5. The van der Waals surface area contributed by atoms with E-state index in [1.165, 1.54) is 32.0 Å². The van der Waals surface area contributed by atoms with Gasteiger partial charge in [-0.15, -0.1) is 0 Å². The Hall–Kier alpha value is -1.42. The van der Waals surface area contributed by atoms with E-state index in [1.54, 1.807) is 17.2 Å². The van der Waals surface area contributed by atoms with Crippen LogP contribution in [0.1, 0.15) is 64.5 Å². The Bertz CT molecular complexity index is 644. The van der Waals surface area contributed by atoms with Crippen LogP contribution < -0.4 is 5.56 Å². The molecule has 1 aromatic heterocycles. The SMILES string of the molecule is CC1=C(CN2CCCC(c3cc(=O)[nH]cn3)C2)C(C)(C)CCC1. The third-order valence-electron chi connectivity index (χ3n) is 5.69. The van der Waals surface area contributed by atoms with Crippen molar-refractivity contribution in [2.45, 2.75) is 58.8 Å². The third-order valence-corrected chi connectivity index (χ3v) is 5.69. The molecular weight excluding hydrogens is 286 g/mol. The van der Waals surface area contributed by atoms with Crippen molar-refractivity contribution in [2.75, 3.05) is 19.6 Å². The quantitative estimate of drug-likeness (QED) is 0.869. The zero-order valence-electron chi connectivity index (χ0n) is 14.7. The summed E-state index contributed by atoms with van der Waals surface area (Å²) in [5.41, 5.74) is 4.48. The van der Waals surface area contributed by atoms with E-state index in [0.717, 1.165) is 31.7 Å². The third kappa shape index (κ3) is 3.74. The number of nitrogens with zero attached hydrogens (tertiary/aromatic N) is 2. The molecule has 126 valence electrons. The predicted molar refractivity (Wildman–Crippen MR) is 93.6 cm³/mol. The van der Waals surface area contributed by atoms with Gasteiger partial charge in [0.1, 0.15) is 0 Å². The number of H-pyrrole nitrogens is 1. The lowest BCUT2D eigenvalue weighted by Crippen LogP contribution is -2.39. The standard InChI is InChI=1S/C19H29N3O/c1-14-6-4-8-19(2,3)16(14)12-22-9-5-7-15(11-22)17-10-18(23)21-13-20-17/h10,13,15H,4-9,11-12H2,1-3H3,(H,20,21,23). The molecule has 0 amide bonds. The summed E-state index contributed by atoms with van der Waals surface area (Å²) >= 11 is 0. The molecule has 3 rings (SSSR count). The van der Waals surface area contributed by atoms with E-state index < -0.39 is 0 Å². The number of hydrogen-bond acceptors (Lipinski definition) is 3. The zero-order valence-corrected chi connectivity index (χ0v) is 14.7. The van der Waals surface area contributed by atoms with Crippen molar-refractivity contribution in [1.29, 1.82) is 0 Å². The van der Waals surface area contributed by atoms with Crippen LogP contribution in [0.5, 0.6) is 0 Å². The van der Waals surface area contributed by atoms with Crippen LogP contribution in [0.15, 0.2) is 28.3 Å². The molecule has 0 saturated carbocycles. The van der Waals surface area contributed by atoms with Gasteiger partial charge in [0, 0.05) is 25.1 Å². The molecule has 0 spiro atoms. The topological polar surface area (TPSA) is 49.0 Å². The number of nitrogens with one attached hydrogen (secondary N) is 1. The lowest BCUT2D eigenvalue weighted by molar-refractivity contribution is 0.202. The molecule has 23 heavy (non-hydrogen) atoms. The van der Waals surface area contributed by atoms with Crippen LogP contribution in [-0.2, 0) is 0 Å². The van der Waals surface area contributed by atoms with Gasteiger partial charge in [-0.3, -0.25) is 9.69 Å². The lowest BCUT2D eigenvalue weighted by atomic mass is 9.72. The van der Waals surface area contributed by atoms with Crippen LogP contribution in [-0.4, -0.2) is 34.5 Å². The Morgan fingerprint density at radius 2 is 2.22 bits per heavy atom. The predicted octanol–water partition coefficient (Wildman–Crippen LogP) is 3.48. The summed E-state index contributed by atoms with van der Waals surface area (Å²) in [7, 11) is 0. The fraction of sp³-hybridized carbons (Fsp3) is 0.684. The summed E-state index contributed by atoms with van der Waals surface area (Å²) in [5.74, 6) is 0.388. The van der Waals surface area contributed by atoms with Gasteiger partial charge in [-0.25, -0.2) is 4.98 Å². The highest BCUT2D eigenvalue weighted by molar-refractivity contribution is 5.24. The summed E-state index contributed by atoms with van der Waals surface area (Å²) in [6.45, 7) is 10.4.